The highest BCUT2D eigenvalue weighted by atomic mass is 14.2. The van der Waals surface area contributed by atoms with Crippen molar-refractivity contribution in [3.8, 4) is 0 Å². The van der Waals surface area contributed by atoms with Crippen molar-refractivity contribution in [3.05, 3.63) is 82.9 Å². The van der Waals surface area contributed by atoms with Crippen LogP contribution in [-0.4, -0.2) is 0 Å². The molecular formula is C21H22. The summed E-state index contributed by atoms with van der Waals surface area (Å²) in [7, 11) is 0. The molecule has 0 bridgehead atoms. The molecule has 0 nitrogen and oxygen atoms in total. The molecule has 3 rings (SSSR count). The fourth-order valence-electron chi connectivity index (χ4n) is 2.99. The van der Waals surface area contributed by atoms with E-state index in [-0.39, 0.29) is 0 Å². The lowest BCUT2D eigenvalue weighted by Crippen LogP contribution is -1.86. The standard InChI is InChI=1S/C21H22/c1-17-7-5-6-10-21(17)16-20-14-13-19(15-20)12-11-18-8-3-2-4-9-18/h2-12,16,19H,13-15H2,1H3/b12-11?,20-16+. The first-order valence-corrected chi connectivity index (χ1v) is 7.79. The molecule has 0 radical (unpaired) electrons. The highest BCUT2D eigenvalue weighted by Gasteiger charge is 2.16. The van der Waals surface area contributed by atoms with E-state index in [1.54, 1.807) is 5.57 Å². The Labute approximate surface area is 127 Å². The van der Waals surface area contributed by atoms with Gasteiger partial charge in [-0.2, -0.15) is 0 Å². The van der Waals surface area contributed by atoms with Crippen LogP contribution in [0.1, 0.15) is 36.0 Å². The molecule has 0 aromatic heterocycles. The molecule has 0 N–H and O–H groups in total. The summed E-state index contributed by atoms with van der Waals surface area (Å²) in [5, 5.41) is 0. The Morgan fingerprint density at radius 1 is 0.952 bits per heavy atom. The normalized spacial score (nSPS) is 20.4. The largest absolute Gasteiger partial charge is 0.0805 e. The SMILES string of the molecule is Cc1ccccc1/C=C1\CCC(C=Cc2ccccc2)C1. The van der Waals surface area contributed by atoms with Gasteiger partial charge >= 0.3 is 0 Å². The maximum atomic E-state index is 2.39. The predicted octanol–water partition coefficient (Wildman–Crippen LogP) is 5.89. The second-order valence-corrected chi connectivity index (χ2v) is 5.93. The average molecular weight is 274 g/mol. The molecule has 0 saturated heterocycles. The average Bonchev–Trinajstić information content (AvgIpc) is 2.96. The van der Waals surface area contributed by atoms with Gasteiger partial charge in [0, 0.05) is 0 Å². The number of aryl methyl sites for hydroxylation is 1. The van der Waals surface area contributed by atoms with Crippen LogP contribution in [0.2, 0.25) is 0 Å². The fourth-order valence-corrected chi connectivity index (χ4v) is 2.99. The first-order chi connectivity index (χ1) is 10.3. The van der Waals surface area contributed by atoms with Crippen LogP contribution in [0.3, 0.4) is 0 Å². The lowest BCUT2D eigenvalue weighted by atomic mass is 10.0. The number of rotatable bonds is 3. The van der Waals surface area contributed by atoms with Gasteiger partial charge in [-0.05, 0) is 48.8 Å². The summed E-state index contributed by atoms with van der Waals surface area (Å²) in [6.45, 7) is 2.19. The Kier molecular flexibility index (Phi) is 4.35. The van der Waals surface area contributed by atoms with E-state index in [1.165, 1.54) is 36.0 Å². The minimum atomic E-state index is 0.695. The minimum Gasteiger partial charge on any atom is -0.0805 e. The summed E-state index contributed by atoms with van der Waals surface area (Å²) in [4.78, 5) is 0. The minimum absolute atomic E-state index is 0.695. The Morgan fingerprint density at radius 2 is 1.71 bits per heavy atom. The maximum Gasteiger partial charge on any atom is -0.0190 e. The van der Waals surface area contributed by atoms with Crippen molar-refractivity contribution in [2.75, 3.05) is 0 Å². The van der Waals surface area contributed by atoms with Crippen molar-refractivity contribution >= 4 is 12.2 Å². The summed E-state index contributed by atoms with van der Waals surface area (Å²) < 4.78 is 0. The number of benzene rings is 2. The number of allylic oxidation sites excluding steroid dienone is 2. The second kappa shape index (κ2) is 6.58. The Hall–Kier alpha value is -2.08. The predicted molar refractivity (Wildman–Crippen MR) is 92.0 cm³/mol. The molecule has 0 heterocycles. The van der Waals surface area contributed by atoms with Crippen LogP contribution < -0.4 is 0 Å². The zero-order valence-electron chi connectivity index (χ0n) is 12.6. The van der Waals surface area contributed by atoms with Gasteiger partial charge in [0.15, 0.2) is 0 Å². The third-order valence-corrected chi connectivity index (χ3v) is 4.27. The van der Waals surface area contributed by atoms with Crippen LogP contribution >= 0.6 is 0 Å². The van der Waals surface area contributed by atoms with E-state index >= 15 is 0 Å². The number of hydrogen-bond acceptors (Lipinski definition) is 0. The van der Waals surface area contributed by atoms with Crippen LogP contribution in [0.25, 0.3) is 12.2 Å². The number of hydrogen-bond donors (Lipinski definition) is 0. The summed E-state index contributed by atoms with van der Waals surface area (Å²) in [5.74, 6) is 0.695. The lowest BCUT2D eigenvalue weighted by molar-refractivity contribution is 0.697. The monoisotopic (exact) mass is 274 g/mol. The molecule has 0 aliphatic heterocycles. The summed E-state index contributed by atoms with van der Waals surface area (Å²) in [6.07, 6.45) is 10.8. The third-order valence-electron chi connectivity index (χ3n) is 4.27. The van der Waals surface area contributed by atoms with Crippen LogP contribution in [0.4, 0.5) is 0 Å². The molecule has 106 valence electrons. The van der Waals surface area contributed by atoms with Gasteiger partial charge < -0.3 is 0 Å². The summed E-state index contributed by atoms with van der Waals surface area (Å²) in [6, 6.07) is 19.2. The Morgan fingerprint density at radius 3 is 2.52 bits per heavy atom. The van der Waals surface area contributed by atoms with Crippen molar-refractivity contribution in [2.45, 2.75) is 26.2 Å². The molecule has 1 aliphatic rings. The Bertz CT molecular complexity index is 647. The van der Waals surface area contributed by atoms with E-state index in [1.807, 2.05) is 0 Å². The zero-order chi connectivity index (χ0) is 14.5. The van der Waals surface area contributed by atoms with E-state index in [9.17, 15) is 0 Å². The van der Waals surface area contributed by atoms with Gasteiger partial charge in [-0.15, -0.1) is 0 Å². The highest BCUT2D eigenvalue weighted by molar-refractivity contribution is 5.57. The molecular weight excluding hydrogens is 252 g/mol. The van der Waals surface area contributed by atoms with Crippen molar-refractivity contribution in [2.24, 2.45) is 5.92 Å². The fraction of sp³-hybridized carbons (Fsp3) is 0.238. The van der Waals surface area contributed by atoms with Gasteiger partial charge in [-0.1, -0.05) is 78.4 Å². The molecule has 21 heavy (non-hydrogen) atoms. The molecule has 0 amide bonds. The van der Waals surface area contributed by atoms with Crippen molar-refractivity contribution in [3.63, 3.8) is 0 Å². The van der Waals surface area contributed by atoms with Gasteiger partial charge in [-0.3, -0.25) is 0 Å². The smallest absolute Gasteiger partial charge is 0.0190 e. The van der Waals surface area contributed by atoms with Gasteiger partial charge in [0.25, 0.3) is 0 Å². The van der Waals surface area contributed by atoms with E-state index in [0.717, 1.165) is 0 Å². The molecule has 0 spiro atoms. The lowest BCUT2D eigenvalue weighted by Gasteiger charge is -2.03. The van der Waals surface area contributed by atoms with Crippen molar-refractivity contribution in [1.82, 2.24) is 0 Å². The van der Waals surface area contributed by atoms with E-state index in [0.29, 0.717) is 5.92 Å². The van der Waals surface area contributed by atoms with Gasteiger partial charge in [0.05, 0.1) is 0 Å². The molecule has 1 atom stereocenters. The maximum absolute atomic E-state index is 2.39. The highest BCUT2D eigenvalue weighted by Crippen LogP contribution is 2.33. The molecule has 2 aromatic rings. The molecule has 1 saturated carbocycles. The van der Waals surface area contributed by atoms with Crippen molar-refractivity contribution < 1.29 is 0 Å². The summed E-state index contributed by atoms with van der Waals surface area (Å²) >= 11 is 0. The topological polar surface area (TPSA) is 0 Å². The Balaban J connectivity index is 1.66. The molecule has 0 heteroatoms. The van der Waals surface area contributed by atoms with Crippen LogP contribution in [-0.2, 0) is 0 Å². The second-order valence-electron chi connectivity index (χ2n) is 5.93. The van der Waals surface area contributed by atoms with Crippen LogP contribution in [0, 0.1) is 12.8 Å². The van der Waals surface area contributed by atoms with Gasteiger partial charge in [-0.25, -0.2) is 0 Å². The first-order valence-electron chi connectivity index (χ1n) is 7.79. The third kappa shape index (κ3) is 3.72. The van der Waals surface area contributed by atoms with E-state index < -0.39 is 0 Å². The molecule has 2 aromatic carbocycles. The quantitative estimate of drug-likeness (QED) is 0.654. The van der Waals surface area contributed by atoms with Gasteiger partial charge in [0.2, 0.25) is 0 Å². The first kappa shape index (κ1) is 13.9. The van der Waals surface area contributed by atoms with Crippen LogP contribution in [0.15, 0.2) is 66.2 Å². The molecule has 1 aliphatic carbocycles. The van der Waals surface area contributed by atoms with Crippen LogP contribution in [0.5, 0.6) is 0 Å². The van der Waals surface area contributed by atoms with E-state index in [2.05, 4.69) is 79.7 Å². The van der Waals surface area contributed by atoms with E-state index in [4.69, 9.17) is 0 Å². The van der Waals surface area contributed by atoms with Crippen molar-refractivity contribution in [1.29, 1.82) is 0 Å². The summed E-state index contributed by atoms with van der Waals surface area (Å²) in [5.41, 5.74) is 5.63. The molecule has 1 unspecified atom stereocenters. The van der Waals surface area contributed by atoms with Gasteiger partial charge in [0.1, 0.15) is 0 Å². The zero-order valence-corrected chi connectivity index (χ0v) is 12.6. The molecule has 1 fully saturated rings.